The van der Waals surface area contributed by atoms with Gasteiger partial charge in [0.2, 0.25) is 27.7 Å². The lowest BCUT2D eigenvalue weighted by atomic mass is 9.88. The molecule has 61 heavy (non-hydrogen) atoms. The van der Waals surface area contributed by atoms with Gasteiger partial charge in [0.25, 0.3) is 5.91 Å². The molecule has 2 aromatic carbocycles. The SMILES string of the molecule is COc1ccc2c(O[C@@H]3C[C@H]4C(=O)N[C@]5(C(=O)NS(=O)(=O)C6CC6)C[C@H]5/C=C\CC[C@H](C)C[C@@H](C)[C@H](NC(=O)O[C@@H]5C[C@@H]6C[C@@H]6C5)C(=O)N4C3)nc(-c3ccccc3)cc2c1. The second-order valence-corrected chi connectivity index (χ2v) is 20.4. The highest BCUT2D eigenvalue weighted by Gasteiger charge is 2.62. The monoisotopic (exact) mass is 853 g/mol. The second-order valence-electron chi connectivity index (χ2n) is 18.4. The van der Waals surface area contributed by atoms with Crippen LogP contribution in [0.4, 0.5) is 4.79 Å². The van der Waals surface area contributed by atoms with E-state index >= 15 is 4.79 Å². The third kappa shape index (κ3) is 8.67. The number of rotatable bonds is 9. The highest BCUT2D eigenvalue weighted by molar-refractivity contribution is 7.91. The number of fused-ring (bicyclic) bond motifs is 4. The fourth-order valence-electron chi connectivity index (χ4n) is 9.90. The first kappa shape index (κ1) is 41.2. The van der Waals surface area contributed by atoms with Crippen LogP contribution in [0.2, 0.25) is 0 Å². The number of nitrogens with one attached hydrogen (secondary N) is 3. The number of amides is 4. The average molecular weight is 854 g/mol. The molecule has 3 aromatic rings. The van der Waals surface area contributed by atoms with Crippen molar-refractivity contribution >= 4 is 44.6 Å². The Labute approximate surface area is 356 Å². The third-order valence-corrected chi connectivity index (χ3v) is 15.5. The maximum absolute atomic E-state index is 15.1. The van der Waals surface area contributed by atoms with Crippen LogP contribution in [-0.2, 0) is 29.1 Å². The Kier molecular flexibility index (Phi) is 11.0. The molecule has 0 unspecified atom stereocenters. The number of nitrogens with zero attached hydrogens (tertiary/aromatic N) is 2. The summed E-state index contributed by atoms with van der Waals surface area (Å²) in [7, 11) is -2.32. The van der Waals surface area contributed by atoms with Crippen molar-refractivity contribution in [3.8, 4) is 22.9 Å². The summed E-state index contributed by atoms with van der Waals surface area (Å²) < 4.78 is 46.4. The quantitative estimate of drug-likeness (QED) is 0.228. The first-order valence-corrected chi connectivity index (χ1v) is 23.4. The Hall–Kier alpha value is -5.18. The molecule has 1 saturated heterocycles. The van der Waals surface area contributed by atoms with E-state index in [4.69, 9.17) is 19.2 Å². The number of hydrogen-bond acceptors (Lipinski definition) is 10. The zero-order valence-electron chi connectivity index (χ0n) is 34.9. The molecule has 2 aliphatic heterocycles. The van der Waals surface area contributed by atoms with Gasteiger partial charge in [0.15, 0.2) is 0 Å². The van der Waals surface area contributed by atoms with Gasteiger partial charge in [-0.25, -0.2) is 18.2 Å². The number of aromatic nitrogens is 1. The first-order valence-electron chi connectivity index (χ1n) is 21.8. The van der Waals surface area contributed by atoms with Gasteiger partial charge >= 0.3 is 6.09 Å². The molecule has 0 bridgehead atoms. The van der Waals surface area contributed by atoms with Gasteiger partial charge in [-0.2, -0.15) is 0 Å². The molecule has 10 atom stereocenters. The van der Waals surface area contributed by atoms with Gasteiger partial charge in [0.05, 0.1) is 24.6 Å². The van der Waals surface area contributed by atoms with E-state index in [1.807, 2.05) is 73.7 Å². The predicted octanol–water partition coefficient (Wildman–Crippen LogP) is 5.65. The lowest BCUT2D eigenvalue weighted by Gasteiger charge is -2.33. The van der Waals surface area contributed by atoms with Crippen molar-refractivity contribution in [2.45, 2.75) is 113 Å². The molecule has 3 N–H and O–H groups in total. The molecular weight excluding hydrogens is 799 g/mol. The fourth-order valence-corrected chi connectivity index (χ4v) is 11.3. The maximum Gasteiger partial charge on any atom is 0.408 e. The maximum atomic E-state index is 15.1. The third-order valence-electron chi connectivity index (χ3n) is 13.7. The zero-order chi connectivity index (χ0) is 42.6. The van der Waals surface area contributed by atoms with E-state index in [1.54, 1.807) is 7.11 Å². The van der Waals surface area contributed by atoms with Crippen LogP contribution >= 0.6 is 0 Å². The van der Waals surface area contributed by atoms with Crippen molar-refractivity contribution in [2.75, 3.05) is 13.7 Å². The van der Waals surface area contributed by atoms with Gasteiger partial charge in [-0.15, -0.1) is 0 Å². The summed E-state index contributed by atoms with van der Waals surface area (Å²) in [4.78, 5) is 63.7. The number of sulfonamides is 1. The normalized spacial score (nSPS) is 32.8. The van der Waals surface area contributed by atoms with Crippen molar-refractivity contribution in [3.63, 3.8) is 0 Å². The number of benzene rings is 2. The predicted molar refractivity (Wildman–Crippen MR) is 227 cm³/mol. The first-order chi connectivity index (χ1) is 29.3. The van der Waals surface area contributed by atoms with Crippen LogP contribution in [0.15, 0.2) is 66.7 Å². The van der Waals surface area contributed by atoms with Crippen molar-refractivity contribution in [3.05, 3.63) is 66.7 Å². The summed E-state index contributed by atoms with van der Waals surface area (Å²) in [5.41, 5.74) is 0.00180. The molecule has 0 spiro atoms. The molecule has 4 saturated carbocycles. The van der Waals surface area contributed by atoms with Crippen LogP contribution in [0.25, 0.3) is 22.0 Å². The molecule has 6 aliphatic rings. The largest absolute Gasteiger partial charge is 0.497 e. The Morgan fingerprint density at radius 3 is 2.44 bits per heavy atom. The Bertz CT molecular complexity index is 2340. The van der Waals surface area contributed by atoms with Crippen LogP contribution in [0, 0.1) is 29.6 Å². The molecule has 3 heterocycles. The van der Waals surface area contributed by atoms with Crippen LogP contribution in [0.1, 0.15) is 78.1 Å². The van der Waals surface area contributed by atoms with Gasteiger partial charge in [-0.05, 0) is 111 Å². The molecule has 4 aliphatic carbocycles. The molecular formula is C46H55N5O9S. The number of allylic oxidation sites excluding steroid dienone is 1. The minimum atomic E-state index is -3.91. The van der Waals surface area contributed by atoms with Crippen LogP contribution < -0.4 is 24.8 Å². The van der Waals surface area contributed by atoms with Gasteiger partial charge in [-0.3, -0.25) is 19.1 Å². The van der Waals surface area contributed by atoms with Crippen molar-refractivity contribution < 1.29 is 41.8 Å². The minimum Gasteiger partial charge on any atom is -0.497 e. The minimum absolute atomic E-state index is 0.0219. The Morgan fingerprint density at radius 2 is 1.70 bits per heavy atom. The summed E-state index contributed by atoms with van der Waals surface area (Å²) >= 11 is 0. The number of hydrogen-bond donors (Lipinski definition) is 3. The van der Waals surface area contributed by atoms with E-state index in [9.17, 15) is 22.8 Å². The Balaban J connectivity index is 1.05. The highest BCUT2D eigenvalue weighted by Crippen LogP contribution is 2.52. The average Bonchev–Trinajstić information content (AvgIpc) is 4.20. The molecule has 1 aromatic heterocycles. The second kappa shape index (κ2) is 16.3. The zero-order valence-corrected chi connectivity index (χ0v) is 35.7. The van der Waals surface area contributed by atoms with Gasteiger partial charge < -0.3 is 29.7 Å². The highest BCUT2D eigenvalue weighted by atomic mass is 32.2. The van der Waals surface area contributed by atoms with E-state index in [-0.39, 0.29) is 37.3 Å². The number of carbonyl (C=O) groups excluding carboxylic acids is 4. The smallest absolute Gasteiger partial charge is 0.408 e. The summed E-state index contributed by atoms with van der Waals surface area (Å²) in [6, 6.07) is 15.0. The van der Waals surface area contributed by atoms with Gasteiger partial charge in [0, 0.05) is 23.3 Å². The molecule has 5 fully saturated rings. The molecule has 15 heteroatoms. The van der Waals surface area contributed by atoms with Crippen LogP contribution in [0.5, 0.6) is 11.6 Å². The summed E-state index contributed by atoms with van der Waals surface area (Å²) in [6.07, 6.45) is 8.37. The van der Waals surface area contributed by atoms with Gasteiger partial charge in [0.1, 0.15) is 35.6 Å². The summed E-state index contributed by atoms with van der Waals surface area (Å²) in [5, 5.41) is 6.76. The lowest BCUT2D eigenvalue weighted by molar-refractivity contribution is -0.142. The van der Waals surface area contributed by atoms with E-state index in [0.29, 0.717) is 60.2 Å². The summed E-state index contributed by atoms with van der Waals surface area (Å²) in [5.74, 6) is -0.316. The van der Waals surface area contributed by atoms with E-state index in [2.05, 4.69) is 22.3 Å². The molecule has 0 radical (unpaired) electrons. The van der Waals surface area contributed by atoms with Crippen molar-refractivity contribution in [1.82, 2.24) is 25.2 Å². The molecule has 9 rings (SSSR count). The van der Waals surface area contributed by atoms with Crippen LogP contribution in [-0.4, -0.2) is 90.9 Å². The number of pyridine rings is 1. The molecule has 4 amide bonds. The van der Waals surface area contributed by atoms with Crippen LogP contribution in [0.3, 0.4) is 0 Å². The van der Waals surface area contributed by atoms with E-state index in [0.717, 1.165) is 30.2 Å². The van der Waals surface area contributed by atoms with E-state index in [1.165, 1.54) is 11.3 Å². The number of ether oxygens (including phenoxy) is 3. The lowest BCUT2D eigenvalue weighted by Crippen LogP contribution is -2.59. The van der Waals surface area contributed by atoms with Crippen molar-refractivity contribution in [1.29, 1.82) is 0 Å². The number of methoxy groups -OCH3 is 1. The Morgan fingerprint density at radius 1 is 0.934 bits per heavy atom. The van der Waals surface area contributed by atoms with Crippen molar-refractivity contribution in [2.24, 2.45) is 29.6 Å². The topological polar surface area (TPSA) is 182 Å². The molecule has 324 valence electrons. The number of carbonyl (C=O) groups is 4. The summed E-state index contributed by atoms with van der Waals surface area (Å²) in [6.45, 7) is 4.02. The fraction of sp³-hybridized carbons (Fsp3) is 0.543. The molecule has 14 nitrogen and oxygen atoms in total. The standard InChI is InChI=1S/C46H55N5O9S/c1-26-9-7-8-12-32-24-46(32,44(54)50-61(56,57)36-14-15-36)49-41(52)39-23-35(25-51(39)43(53)40(27(2)17-26)48-45(55)60-34-19-29-18-30(29)20-34)59-42-37-16-13-33(58-3)21-31(37)22-38(47-42)28-10-5-4-6-11-28/h4-6,8,10-13,16,21-22,26-27,29-30,32,34-36,39-40H,7,9,14-15,17-20,23-25H2,1-3H3,(H,48,55)(H,49,52)(H,50,54)/b12-8-/t26-,27+,29-,30+,32+,34+,35+,39-,40-,46+/m0/s1. The van der Waals surface area contributed by atoms with E-state index < -0.39 is 68.7 Å². The number of alkyl carbamates (subject to hydrolysis) is 1. The van der Waals surface area contributed by atoms with Gasteiger partial charge in [-0.1, -0.05) is 56.3 Å².